The van der Waals surface area contributed by atoms with Crippen LogP contribution in [0.15, 0.2) is 42.9 Å². The van der Waals surface area contributed by atoms with Crippen molar-refractivity contribution in [3.63, 3.8) is 0 Å². The van der Waals surface area contributed by atoms with Gasteiger partial charge in [0, 0.05) is 31.9 Å². The summed E-state index contributed by atoms with van der Waals surface area (Å²) in [6.45, 7) is 10.2. The molecule has 0 aliphatic carbocycles. The molecule has 2 saturated heterocycles. The fourth-order valence-corrected chi connectivity index (χ4v) is 4.23. The summed E-state index contributed by atoms with van der Waals surface area (Å²) >= 11 is 0. The van der Waals surface area contributed by atoms with Gasteiger partial charge in [0.05, 0.1) is 43.6 Å². The van der Waals surface area contributed by atoms with Gasteiger partial charge in [0.1, 0.15) is 12.1 Å². The maximum atomic E-state index is 13.6. The number of nitrogens with zero attached hydrogens (tertiary/aromatic N) is 8. The van der Waals surface area contributed by atoms with Crippen LogP contribution >= 0.6 is 0 Å². The predicted octanol–water partition coefficient (Wildman–Crippen LogP) is 1.57. The number of morpholine rings is 1. The second kappa shape index (κ2) is 9.01. The number of piperazine rings is 1. The highest BCUT2D eigenvalue weighted by atomic mass is 19.1. The zero-order valence-electron chi connectivity index (χ0n) is 17.7. The first-order chi connectivity index (χ1) is 16.1. The number of tetrazole rings is 1. The molecule has 2 fully saturated rings. The standard InChI is InChI=1S/C22H21FN8O2/c1-24-20-8-15(2-5-19(20)23)21-12-29-6-7-30(11-18(29)13-33-21)22(32)9-16-3-4-17(10-25-16)31-14-26-27-28-31/h2-5,8,10,14,18,21H,6-7,9,11-13H2/t18-,21-/m0/s1. The van der Waals surface area contributed by atoms with Crippen LogP contribution in [0.3, 0.4) is 0 Å². The van der Waals surface area contributed by atoms with Gasteiger partial charge in [0.15, 0.2) is 0 Å². The number of hydrogen-bond donors (Lipinski definition) is 0. The lowest BCUT2D eigenvalue weighted by molar-refractivity contribution is -0.139. The third-order valence-corrected chi connectivity index (χ3v) is 6.06. The van der Waals surface area contributed by atoms with Crippen LogP contribution in [-0.2, 0) is 16.0 Å². The lowest BCUT2D eigenvalue weighted by atomic mass is 10.0. The first-order valence-corrected chi connectivity index (χ1v) is 10.6. The minimum absolute atomic E-state index is 0.00763. The summed E-state index contributed by atoms with van der Waals surface area (Å²) in [4.78, 5) is 24.6. The average Bonchev–Trinajstić information content (AvgIpc) is 3.39. The van der Waals surface area contributed by atoms with Gasteiger partial charge in [0.2, 0.25) is 11.6 Å². The summed E-state index contributed by atoms with van der Waals surface area (Å²) in [6, 6.07) is 8.29. The number of ether oxygens (including phenoxy) is 1. The highest BCUT2D eigenvalue weighted by molar-refractivity contribution is 5.78. The second-order valence-electron chi connectivity index (χ2n) is 8.07. The Kier molecular flexibility index (Phi) is 5.77. The number of pyridine rings is 1. The molecule has 5 rings (SSSR count). The monoisotopic (exact) mass is 448 g/mol. The number of halogens is 1. The number of benzene rings is 1. The number of fused-ring (bicyclic) bond motifs is 1. The van der Waals surface area contributed by atoms with Gasteiger partial charge in [-0.1, -0.05) is 6.07 Å². The predicted molar refractivity (Wildman–Crippen MR) is 114 cm³/mol. The Balaban J connectivity index is 1.17. The molecule has 0 unspecified atom stereocenters. The highest BCUT2D eigenvalue weighted by Crippen LogP contribution is 2.30. The fourth-order valence-electron chi connectivity index (χ4n) is 4.23. The number of aromatic nitrogens is 5. The molecule has 10 nitrogen and oxygen atoms in total. The minimum atomic E-state index is -0.519. The van der Waals surface area contributed by atoms with Crippen LogP contribution in [0.5, 0.6) is 0 Å². The van der Waals surface area contributed by atoms with Crippen molar-refractivity contribution in [3.8, 4) is 5.69 Å². The molecule has 1 aromatic carbocycles. The molecule has 0 N–H and O–H groups in total. The zero-order valence-corrected chi connectivity index (χ0v) is 17.7. The molecule has 1 amide bonds. The van der Waals surface area contributed by atoms with E-state index in [9.17, 15) is 9.18 Å². The fraction of sp³-hybridized carbons (Fsp3) is 0.364. The van der Waals surface area contributed by atoms with Crippen LogP contribution in [-0.4, -0.2) is 79.7 Å². The Morgan fingerprint density at radius 3 is 2.91 bits per heavy atom. The van der Waals surface area contributed by atoms with Gasteiger partial charge in [-0.2, -0.15) is 4.68 Å². The van der Waals surface area contributed by atoms with Crippen molar-refractivity contribution in [2.45, 2.75) is 18.6 Å². The van der Waals surface area contributed by atoms with Crippen molar-refractivity contribution in [2.24, 2.45) is 0 Å². The summed E-state index contributed by atoms with van der Waals surface area (Å²) in [5.74, 6) is -0.492. The van der Waals surface area contributed by atoms with Gasteiger partial charge in [-0.3, -0.25) is 14.7 Å². The second-order valence-corrected chi connectivity index (χ2v) is 8.07. The van der Waals surface area contributed by atoms with Crippen molar-refractivity contribution in [3.05, 3.63) is 71.3 Å². The van der Waals surface area contributed by atoms with Crippen molar-refractivity contribution >= 4 is 11.6 Å². The minimum Gasteiger partial charge on any atom is -0.371 e. The van der Waals surface area contributed by atoms with E-state index in [0.717, 1.165) is 17.8 Å². The molecular formula is C22H21FN8O2. The largest absolute Gasteiger partial charge is 0.371 e. The average molecular weight is 448 g/mol. The Labute approximate surface area is 189 Å². The topological polar surface area (TPSA) is 93.6 Å². The first kappa shape index (κ1) is 21.1. The van der Waals surface area contributed by atoms with Gasteiger partial charge < -0.3 is 9.64 Å². The molecule has 2 aliphatic heterocycles. The molecule has 3 aromatic rings. The molecule has 0 radical (unpaired) electrons. The Morgan fingerprint density at radius 2 is 2.15 bits per heavy atom. The van der Waals surface area contributed by atoms with E-state index in [2.05, 4.69) is 30.3 Å². The summed E-state index contributed by atoms with van der Waals surface area (Å²) in [6.07, 6.45) is 3.13. The van der Waals surface area contributed by atoms with Gasteiger partial charge in [-0.25, -0.2) is 9.24 Å². The maximum Gasteiger partial charge on any atom is 0.228 e. The quantitative estimate of drug-likeness (QED) is 0.560. The van der Waals surface area contributed by atoms with Gasteiger partial charge in [-0.15, -0.1) is 5.10 Å². The third-order valence-electron chi connectivity index (χ3n) is 6.06. The summed E-state index contributed by atoms with van der Waals surface area (Å²) in [7, 11) is 0. The lowest BCUT2D eigenvalue weighted by Crippen LogP contribution is -2.59. The van der Waals surface area contributed by atoms with Gasteiger partial charge in [0.25, 0.3) is 0 Å². The van der Waals surface area contributed by atoms with Crippen molar-refractivity contribution < 1.29 is 13.9 Å². The molecule has 11 heteroatoms. The highest BCUT2D eigenvalue weighted by Gasteiger charge is 2.35. The smallest absolute Gasteiger partial charge is 0.228 e. The van der Waals surface area contributed by atoms with Crippen molar-refractivity contribution in [1.82, 2.24) is 35.0 Å². The van der Waals surface area contributed by atoms with E-state index in [4.69, 9.17) is 11.3 Å². The van der Waals surface area contributed by atoms with Crippen LogP contribution in [0.1, 0.15) is 17.4 Å². The molecule has 33 heavy (non-hydrogen) atoms. The normalized spacial score (nSPS) is 20.8. The number of amides is 1. The van der Waals surface area contributed by atoms with E-state index in [0.29, 0.717) is 31.9 Å². The first-order valence-electron chi connectivity index (χ1n) is 10.6. The Bertz CT molecular complexity index is 1180. The van der Waals surface area contributed by atoms with E-state index in [-0.39, 0.29) is 30.2 Å². The molecule has 168 valence electrons. The van der Waals surface area contributed by atoms with Crippen LogP contribution in [0.25, 0.3) is 10.5 Å². The molecule has 2 aliphatic rings. The van der Waals surface area contributed by atoms with E-state index >= 15 is 0 Å². The van der Waals surface area contributed by atoms with E-state index in [1.807, 2.05) is 11.0 Å². The van der Waals surface area contributed by atoms with Crippen LogP contribution in [0.4, 0.5) is 10.1 Å². The molecule has 4 heterocycles. The molecule has 2 aromatic heterocycles. The number of carbonyl (C=O) groups is 1. The van der Waals surface area contributed by atoms with Crippen molar-refractivity contribution in [2.75, 3.05) is 32.8 Å². The lowest BCUT2D eigenvalue weighted by Gasteiger charge is -2.46. The Hall–Kier alpha value is -3.75. The zero-order chi connectivity index (χ0) is 22.8. The van der Waals surface area contributed by atoms with Crippen LogP contribution < -0.4 is 0 Å². The van der Waals surface area contributed by atoms with E-state index in [1.54, 1.807) is 24.4 Å². The maximum absolute atomic E-state index is 13.6. The van der Waals surface area contributed by atoms with E-state index in [1.165, 1.54) is 17.1 Å². The van der Waals surface area contributed by atoms with Crippen LogP contribution in [0.2, 0.25) is 0 Å². The summed E-state index contributed by atoms with van der Waals surface area (Å²) < 4.78 is 21.2. The molecule has 0 bridgehead atoms. The molecule has 0 spiro atoms. The SMILES string of the molecule is [C-]#[N+]c1cc([C@@H]2CN3CCN(C(=O)Cc4ccc(-n5cnnn5)cn4)C[C@H]3CO2)ccc1F. The number of rotatable bonds is 4. The van der Waals surface area contributed by atoms with Gasteiger partial charge in [-0.05, 0) is 40.3 Å². The van der Waals surface area contributed by atoms with Crippen molar-refractivity contribution in [1.29, 1.82) is 0 Å². The number of carbonyl (C=O) groups excluding carboxylic acids is 1. The third kappa shape index (κ3) is 4.44. The summed E-state index contributed by atoms with van der Waals surface area (Å²) in [5.41, 5.74) is 2.22. The van der Waals surface area contributed by atoms with Crippen LogP contribution in [0, 0.1) is 12.4 Å². The Morgan fingerprint density at radius 1 is 1.24 bits per heavy atom. The molecule has 0 saturated carbocycles. The van der Waals surface area contributed by atoms with Gasteiger partial charge >= 0.3 is 0 Å². The molecule has 2 atom stereocenters. The molecular weight excluding hydrogens is 427 g/mol. The summed E-state index contributed by atoms with van der Waals surface area (Å²) in [5, 5.41) is 11.0. The van der Waals surface area contributed by atoms with E-state index < -0.39 is 5.82 Å². The number of hydrogen-bond acceptors (Lipinski definition) is 7.